The maximum atomic E-state index is 13.0. The Morgan fingerprint density at radius 3 is 2.67 bits per heavy atom. The minimum Gasteiger partial charge on any atom is -0.365 e. The summed E-state index contributed by atoms with van der Waals surface area (Å²) in [5.74, 6) is -0.493. The predicted octanol–water partition coefficient (Wildman–Crippen LogP) is 0.326. The largest absolute Gasteiger partial charge is 0.365 e. The number of hydrogen-bond donors (Lipinski definition) is 0. The van der Waals surface area contributed by atoms with Gasteiger partial charge in [0.2, 0.25) is 11.8 Å². The highest BCUT2D eigenvalue weighted by atomic mass is 19.1. The second-order valence-corrected chi connectivity index (χ2v) is 6.55. The number of amides is 2. The molecule has 2 heterocycles. The molecule has 2 amide bonds. The van der Waals surface area contributed by atoms with Crippen molar-refractivity contribution in [3.8, 4) is 0 Å². The lowest BCUT2D eigenvalue weighted by atomic mass is 10.1. The summed E-state index contributed by atoms with van der Waals surface area (Å²) in [6.07, 6.45) is -0.0851. The van der Waals surface area contributed by atoms with Gasteiger partial charge in [-0.25, -0.2) is 4.39 Å². The summed E-state index contributed by atoms with van der Waals surface area (Å²) in [5.41, 5.74) is 1.01. The number of rotatable bonds is 4. The molecule has 7 heteroatoms. The van der Waals surface area contributed by atoms with E-state index < -0.39 is 0 Å². The van der Waals surface area contributed by atoms with Crippen LogP contribution in [0.1, 0.15) is 5.56 Å². The maximum Gasteiger partial charge on any atom is 0.249 e. The van der Waals surface area contributed by atoms with E-state index in [1.54, 1.807) is 31.1 Å². The summed E-state index contributed by atoms with van der Waals surface area (Å²) in [5, 5.41) is 0. The van der Waals surface area contributed by atoms with E-state index >= 15 is 0 Å². The molecule has 2 atom stereocenters. The van der Waals surface area contributed by atoms with Crippen LogP contribution in [0.25, 0.3) is 0 Å². The van der Waals surface area contributed by atoms with Crippen LogP contribution in [-0.4, -0.2) is 79.0 Å². The number of halogens is 1. The van der Waals surface area contributed by atoms with Crippen LogP contribution in [0.2, 0.25) is 0 Å². The van der Waals surface area contributed by atoms with Crippen LogP contribution in [0.3, 0.4) is 0 Å². The summed E-state index contributed by atoms with van der Waals surface area (Å²) in [7, 11) is 3.36. The number of likely N-dealkylation sites (tertiary alicyclic amines) is 1. The quantitative estimate of drug-likeness (QED) is 0.796. The molecule has 2 saturated heterocycles. The van der Waals surface area contributed by atoms with Crippen molar-refractivity contribution in [3.63, 3.8) is 0 Å². The van der Waals surface area contributed by atoms with E-state index in [1.807, 2.05) is 0 Å². The molecule has 0 bridgehead atoms. The molecule has 3 rings (SSSR count). The molecule has 0 spiro atoms. The minimum absolute atomic E-state index is 0.0201. The number of carbonyl (C=O) groups excluding carboxylic acids is 2. The number of morpholine rings is 1. The molecule has 0 saturated carbocycles. The van der Waals surface area contributed by atoms with Gasteiger partial charge in [0.25, 0.3) is 0 Å². The highest BCUT2D eigenvalue weighted by Crippen LogP contribution is 2.25. The molecule has 2 aliphatic rings. The van der Waals surface area contributed by atoms with Crippen molar-refractivity contribution >= 4 is 11.8 Å². The summed E-state index contributed by atoms with van der Waals surface area (Å²) in [6, 6.07) is 6.30. The number of benzene rings is 1. The van der Waals surface area contributed by atoms with Crippen LogP contribution in [0.4, 0.5) is 4.39 Å². The van der Waals surface area contributed by atoms with Gasteiger partial charge < -0.3 is 14.5 Å². The summed E-state index contributed by atoms with van der Waals surface area (Å²) >= 11 is 0. The van der Waals surface area contributed by atoms with Crippen LogP contribution in [0, 0.1) is 5.82 Å². The fourth-order valence-electron chi connectivity index (χ4n) is 3.21. The van der Waals surface area contributed by atoms with Gasteiger partial charge in [0.1, 0.15) is 19.0 Å². The maximum absolute atomic E-state index is 13.0. The zero-order chi connectivity index (χ0) is 17.3. The van der Waals surface area contributed by atoms with Crippen molar-refractivity contribution in [2.75, 3.05) is 40.3 Å². The van der Waals surface area contributed by atoms with Crippen LogP contribution >= 0.6 is 0 Å². The van der Waals surface area contributed by atoms with Crippen LogP contribution in [-0.2, 0) is 20.9 Å². The van der Waals surface area contributed by atoms with Crippen LogP contribution < -0.4 is 0 Å². The van der Waals surface area contributed by atoms with E-state index in [9.17, 15) is 14.0 Å². The average molecular weight is 335 g/mol. The second kappa shape index (κ2) is 6.86. The molecule has 6 nitrogen and oxygen atoms in total. The van der Waals surface area contributed by atoms with E-state index in [-0.39, 0.29) is 42.9 Å². The topological polar surface area (TPSA) is 53.1 Å². The Bertz CT molecular complexity index is 620. The van der Waals surface area contributed by atoms with Crippen molar-refractivity contribution in [2.45, 2.75) is 18.7 Å². The molecule has 1 aromatic carbocycles. The van der Waals surface area contributed by atoms with Gasteiger partial charge in [0.15, 0.2) is 0 Å². The van der Waals surface area contributed by atoms with Gasteiger partial charge in [-0.1, -0.05) is 12.1 Å². The standard InChI is InChI=1S/C17H22FN3O3/c1-19(2)16(22)10-21-14-8-20(9-15(14)24-11-17(21)23)7-12-3-5-13(18)6-4-12/h3-6,14-15H,7-11H2,1-2H3/t14-,15-/m1/s1. The normalized spacial score (nSPS) is 24.1. The summed E-state index contributed by atoms with van der Waals surface area (Å²) in [6.45, 7) is 2.11. The zero-order valence-corrected chi connectivity index (χ0v) is 13.9. The smallest absolute Gasteiger partial charge is 0.249 e. The number of nitrogens with zero attached hydrogens (tertiary/aromatic N) is 3. The second-order valence-electron chi connectivity index (χ2n) is 6.55. The lowest BCUT2D eigenvalue weighted by molar-refractivity contribution is -0.156. The highest BCUT2D eigenvalue weighted by Gasteiger charge is 2.43. The van der Waals surface area contributed by atoms with E-state index in [0.717, 1.165) is 5.56 Å². The Morgan fingerprint density at radius 2 is 2.00 bits per heavy atom. The van der Waals surface area contributed by atoms with E-state index in [4.69, 9.17) is 4.74 Å². The Kier molecular flexibility index (Phi) is 4.82. The molecule has 0 unspecified atom stereocenters. The number of hydrogen-bond acceptors (Lipinski definition) is 4. The van der Waals surface area contributed by atoms with Crippen molar-refractivity contribution in [3.05, 3.63) is 35.6 Å². The van der Waals surface area contributed by atoms with E-state index in [0.29, 0.717) is 19.6 Å². The average Bonchev–Trinajstić information content (AvgIpc) is 2.95. The van der Waals surface area contributed by atoms with Crippen LogP contribution in [0.15, 0.2) is 24.3 Å². The third kappa shape index (κ3) is 3.57. The van der Waals surface area contributed by atoms with Gasteiger partial charge in [-0.3, -0.25) is 14.5 Å². The molecule has 0 N–H and O–H groups in total. The van der Waals surface area contributed by atoms with Gasteiger partial charge in [-0.15, -0.1) is 0 Å². The number of fused-ring (bicyclic) bond motifs is 1. The van der Waals surface area contributed by atoms with Gasteiger partial charge in [0.05, 0.1) is 12.1 Å². The van der Waals surface area contributed by atoms with E-state index in [2.05, 4.69) is 4.90 Å². The Morgan fingerprint density at radius 1 is 1.29 bits per heavy atom. The highest BCUT2D eigenvalue weighted by molar-refractivity contribution is 5.86. The predicted molar refractivity (Wildman–Crippen MR) is 85.6 cm³/mol. The molecule has 0 aromatic heterocycles. The zero-order valence-electron chi connectivity index (χ0n) is 13.9. The third-order valence-electron chi connectivity index (χ3n) is 4.58. The molecular formula is C17H22FN3O3. The molecule has 2 fully saturated rings. The summed E-state index contributed by atoms with van der Waals surface area (Å²) in [4.78, 5) is 29.5. The Balaban J connectivity index is 1.67. The fourth-order valence-corrected chi connectivity index (χ4v) is 3.21. The van der Waals surface area contributed by atoms with Crippen LogP contribution in [0.5, 0.6) is 0 Å². The third-order valence-corrected chi connectivity index (χ3v) is 4.58. The lowest BCUT2D eigenvalue weighted by Crippen LogP contribution is -2.56. The van der Waals surface area contributed by atoms with Crippen molar-refractivity contribution in [1.82, 2.24) is 14.7 Å². The molecule has 0 radical (unpaired) electrons. The van der Waals surface area contributed by atoms with Crippen molar-refractivity contribution in [2.24, 2.45) is 0 Å². The lowest BCUT2D eigenvalue weighted by Gasteiger charge is -2.36. The van der Waals surface area contributed by atoms with Gasteiger partial charge >= 0.3 is 0 Å². The molecule has 0 aliphatic carbocycles. The molecule has 2 aliphatic heterocycles. The number of carbonyl (C=O) groups is 2. The van der Waals surface area contributed by atoms with Crippen molar-refractivity contribution in [1.29, 1.82) is 0 Å². The van der Waals surface area contributed by atoms with Gasteiger partial charge in [-0.05, 0) is 17.7 Å². The molecule has 24 heavy (non-hydrogen) atoms. The SMILES string of the molecule is CN(C)C(=O)CN1C(=O)CO[C@@H]2CN(Cc3ccc(F)cc3)C[C@H]21. The fraction of sp³-hybridized carbons (Fsp3) is 0.529. The first kappa shape index (κ1) is 16.9. The monoisotopic (exact) mass is 335 g/mol. The number of ether oxygens (including phenoxy) is 1. The minimum atomic E-state index is -0.254. The molecular weight excluding hydrogens is 313 g/mol. The van der Waals surface area contributed by atoms with Gasteiger partial charge in [-0.2, -0.15) is 0 Å². The molecule has 1 aromatic rings. The Hall–Kier alpha value is -1.99. The Labute approximate surface area is 140 Å². The van der Waals surface area contributed by atoms with E-state index in [1.165, 1.54) is 17.0 Å². The first-order chi connectivity index (χ1) is 11.4. The first-order valence-electron chi connectivity index (χ1n) is 8.02. The summed E-state index contributed by atoms with van der Waals surface area (Å²) < 4.78 is 18.7. The molecule has 130 valence electrons. The number of likely N-dealkylation sites (N-methyl/N-ethyl adjacent to an activating group) is 1. The first-order valence-corrected chi connectivity index (χ1v) is 8.02. The van der Waals surface area contributed by atoms with Gasteiger partial charge in [0, 0.05) is 33.7 Å². The van der Waals surface area contributed by atoms with Crippen molar-refractivity contribution < 1.29 is 18.7 Å².